The number of halogens is 2. The normalized spacial score (nSPS) is 9.56. The van der Waals surface area contributed by atoms with E-state index < -0.39 is 0 Å². The summed E-state index contributed by atoms with van der Waals surface area (Å²) in [6, 6.07) is 37.3. The van der Waals surface area contributed by atoms with Gasteiger partial charge in [0.1, 0.15) is 0 Å². The molecule has 0 amide bonds. The summed E-state index contributed by atoms with van der Waals surface area (Å²) in [4.78, 5) is 0. The fraction of sp³-hybridized carbons (Fsp3) is 0. The molecule has 0 radical (unpaired) electrons. The highest BCUT2D eigenvalue weighted by atomic mass is 79.9. The molecule has 0 atom stereocenters. The number of hydrogen-bond acceptors (Lipinski definition) is 0. The van der Waals surface area contributed by atoms with Gasteiger partial charge in [-0.1, -0.05) is 117 Å². The molecule has 0 aromatic heterocycles. The quantitative estimate of drug-likeness (QED) is 0.284. The minimum Gasteiger partial charge on any atom is -0.412 e. The molecule has 0 aliphatic carbocycles. The zero-order chi connectivity index (χ0) is 18.2. The van der Waals surface area contributed by atoms with Crippen LogP contribution in [0.5, 0.6) is 0 Å². The predicted molar refractivity (Wildman–Crippen MR) is 123 cm³/mol. The average molecular weight is 484 g/mol. The van der Waals surface area contributed by atoms with E-state index in [1.54, 1.807) is 0 Å². The first-order valence-electron chi connectivity index (χ1n) is 8.34. The van der Waals surface area contributed by atoms with Crippen LogP contribution in [0.1, 0.15) is 0 Å². The Morgan fingerprint density at radius 2 is 0.704 bits per heavy atom. The third kappa shape index (κ3) is 6.47. The molecule has 4 aromatic rings. The highest BCUT2D eigenvalue weighted by Gasteiger charge is 1.96. The highest BCUT2D eigenvalue weighted by molar-refractivity contribution is 9.10. The van der Waals surface area contributed by atoms with Crippen LogP contribution in [-0.2, 0) is 0 Å². The van der Waals surface area contributed by atoms with Gasteiger partial charge in [-0.05, 0) is 46.5 Å². The molecule has 0 saturated heterocycles. The van der Waals surface area contributed by atoms with Crippen LogP contribution < -0.4 is 0 Å². The van der Waals surface area contributed by atoms with E-state index in [4.69, 9.17) is 0 Å². The first-order chi connectivity index (χ1) is 12.7. The second kappa shape index (κ2) is 10.8. The molecule has 0 unspecified atom stereocenters. The molecule has 4 aromatic carbocycles. The second-order valence-electron chi connectivity index (χ2n) is 5.75. The molecule has 0 heterocycles. The third-order valence-corrected chi connectivity index (χ3v) is 4.85. The number of hydrogen-bond donors (Lipinski definition) is 0. The third-order valence-electron chi connectivity index (χ3n) is 3.86. The summed E-state index contributed by atoms with van der Waals surface area (Å²) in [6.07, 6.45) is 0. The van der Waals surface area contributed by atoms with Crippen LogP contribution >= 0.6 is 31.9 Å². The van der Waals surface area contributed by atoms with Crippen LogP contribution in [-0.4, -0.2) is 5.48 Å². The first-order valence-corrected chi connectivity index (χ1v) is 9.93. The molecule has 0 saturated carbocycles. The monoisotopic (exact) mass is 482 g/mol. The van der Waals surface area contributed by atoms with Gasteiger partial charge in [-0.2, -0.15) is 0 Å². The van der Waals surface area contributed by atoms with Gasteiger partial charge in [-0.25, -0.2) is 0 Å². The second-order valence-corrected chi connectivity index (χ2v) is 7.58. The van der Waals surface area contributed by atoms with Crippen molar-refractivity contribution >= 4 is 31.9 Å². The summed E-state index contributed by atoms with van der Waals surface area (Å²) < 4.78 is 2.24. The van der Waals surface area contributed by atoms with Crippen LogP contribution in [0.2, 0.25) is 0 Å². The van der Waals surface area contributed by atoms with Crippen molar-refractivity contribution in [1.82, 2.24) is 0 Å². The molecule has 0 fully saturated rings. The minimum absolute atomic E-state index is 0. The predicted octanol–water partition coefficient (Wildman–Crippen LogP) is 7.41. The Labute approximate surface area is 177 Å². The average Bonchev–Trinajstić information content (AvgIpc) is 2.70. The maximum atomic E-state index is 3.46. The van der Waals surface area contributed by atoms with Crippen molar-refractivity contribution < 1.29 is 5.48 Å². The van der Waals surface area contributed by atoms with Gasteiger partial charge in [-0.3, -0.25) is 0 Å². The van der Waals surface area contributed by atoms with Crippen molar-refractivity contribution in [2.45, 2.75) is 0 Å². The SMILES string of the molecule is Brc1cccc(-c2ccccc2)c1.Brc1cccc(-c2ccccc2)c1.O. The summed E-state index contributed by atoms with van der Waals surface area (Å²) in [5, 5.41) is 0. The van der Waals surface area contributed by atoms with Crippen LogP contribution in [0.4, 0.5) is 0 Å². The van der Waals surface area contributed by atoms with Gasteiger partial charge in [-0.15, -0.1) is 0 Å². The summed E-state index contributed by atoms with van der Waals surface area (Å²) in [6.45, 7) is 0. The maximum absolute atomic E-state index is 3.46. The highest BCUT2D eigenvalue weighted by Crippen LogP contribution is 2.23. The molecular weight excluding hydrogens is 464 g/mol. The van der Waals surface area contributed by atoms with Crippen LogP contribution in [0.25, 0.3) is 22.3 Å². The molecule has 0 bridgehead atoms. The summed E-state index contributed by atoms with van der Waals surface area (Å²) in [5.41, 5.74) is 5.00. The van der Waals surface area contributed by atoms with Crippen LogP contribution in [0.3, 0.4) is 0 Å². The van der Waals surface area contributed by atoms with E-state index in [-0.39, 0.29) is 5.48 Å². The van der Waals surface area contributed by atoms with E-state index in [0.29, 0.717) is 0 Å². The van der Waals surface area contributed by atoms with E-state index in [0.717, 1.165) is 8.95 Å². The van der Waals surface area contributed by atoms with Gasteiger partial charge >= 0.3 is 0 Å². The standard InChI is InChI=1S/2C12H9Br.H2O/c2*13-12-8-4-7-11(9-12)10-5-2-1-3-6-10;/h2*1-9H;1H2. The fourth-order valence-corrected chi connectivity index (χ4v) is 3.40. The summed E-state index contributed by atoms with van der Waals surface area (Å²) in [7, 11) is 0. The molecule has 4 rings (SSSR count). The van der Waals surface area contributed by atoms with Crippen molar-refractivity contribution in [2.75, 3.05) is 0 Å². The Bertz CT molecular complexity index is 873. The zero-order valence-electron chi connectivity index (χ0n) is 14.6. The summed E-state index contributed by atoms with van der Waals surface area (Å²) >= 11 is 6.92. The molecule has 136 valence electrons. The Hall–Kier alpha value is -2.20. The molecular formula is C24H20Br2O. The van der Waals surface area contributed by atoms with Gasteiger partial charge in [0.2, 0.25) is 0 Å². The zero-order valence-corrected chi connectivity index (χ0v) is 17.8. The van der Waals surface area contributed by atoms with Crippen molar-refractivity contribution in [3.05, 3.63) is 118 Å². The lowest BCUT2D eigenvalue weighted by atomic mass is 10.1. The molecule has 27 heavy (non-hydrogen) atoms. The largest absolute Gasteiger partial charge is 0.412 e. The molecule has 3 heteroatoms. The Morgan fingerprint density at radius 3 is 1.04 bits per heavy atom. The fourth-order valence-electron chi connectivity index (χ4n) is 2.60. The lowest BCUT2D eigenvalue weighted by Crippen LogP contribution is -1.75. The van der Waals surface area contributed by atoms with Gasteiger partial charge in [0, 0.05) is 8.95 Å². The lowest BCUT2D eigenvalue weighted by Gasteiger charge is -2.00. The van der Waals surface area contributed by atoms with Crippen molar-refractivity contribution in [1.29, 1.82) is 0 Å². The van der Waals surface area contributed by atoms with Crippen LogP contribution in [0, 0.1) is 0 Å². The van der Waals surface area contributed by atoms with E-state index in [9.17, 15) is 0 Å². The van der Waals surface area contributed by atoms with Crippen molar-refractivity contribution in [3.8, 4) is 22.3 Å². The van der Waals surface area contributed by atoms with E-state index in [2.05, 4.69) is 105 Å². The molecule has 0 aliphatic heterocycles. The number of benzene rings is 4. The Balaban J connectivity index is 0.000000187. The topological polar surface area (TPSA) is 31.5 Å². The van der Waals surface area contributed by atoms with Gasteiger partial charge in [0.15, 0.2) is 0 Å². The Morgan fingerprint density at radius 1 is 0.370 bits per heavy atom. The lowest BCUT2D eigenvalue weighted by molar-refractivity contribution is 0.824. The molecule has 2 N–H and O–H groups in total. The molecule has 0 aliphatic rings. The van der Waals surface area contributed by atoms with Crippen molar-refractivity contribution in [3.63, 3.8) is 0 Å². The van der Waals surface area contributed by atoms with Gasteiger partial charge < -0.3 is 5.48 Å². The van der Waals surface area contributed by atoms with Crippen molar-refractivity contribution in [2.24, 2.45) is 0 Å². The van der Waals surface area contributed by atoms with Crippen LogP contribution in [0.15, 0.2) is 118 Å². The van der Waals surface area contributed by atoms with Gasteiger partial charge in [0.25, 0.3) is 0 Å². The minimum atomic E-state index is 0. The smallest absolute Gasteiger partial charge is 0.0181 e. The van der Waals surface area contributed by atoms with Gasteiger partial charge in [0.05, 0.1) is 0 Å². The van der Waals surface area contributed by atoms with E-state index in [1.807, 2.05) is 36.4 Å². The molecule has 0 spiro atoms. The van der Waals surface area contributed by atoms with E-state index >= 15 is 0 Å². The van der Waals surface area contributed by atoms with E-state index in [1.165, 1.54) is 22.3 Å². The first kappa shape index (κ1) is 21.1. The summed E-state index contributed by atoms with van der Waals surface area (Å²) in [5.74, 6) is 0. The molecule has 1 nitrogen and oxygen atoms in total. The Kier molecular flexibility index (Phi) is 8.46. The number of rotatable bonds is 2. The maximum Gasteiger partial charge on any atom is 0.0181 e.